The van der Waals surface area contributed by atoms with E-state index >= 15 is 0 Å². The second kappa shape index (κ2) is 9.14. The van der Waals surface area contributed by atoms with E-state index in [0.717, 1.165) is 24.6 Å². The monoisotopic (exact) mass is 564 g/mol. The molecule has 1 fully saturated rings. The van der Waals surface area contributed by atoms with Crippen LogP contribution in [0, 0.1) is 18.6 Å². The quantitative estimate of drug-likeness (QED) is 0.578. The van der Waals surface area contributed by atoms with Crippen LogP contribution in [-0.4, -0.2) is 64.3 Å². The van der Waals surface area contributed by atoms with E-state index in [4.69, 9.17) is 4.84 Å². The van der Waals surface area contributed by atoms with Crippen molar-refractivity contribution < 1.29 is 36.7 Å². The standard InChI is InChI=1S/C25H26F2N4O7S/c1-12-6-16(26)14(17(27)7-12)9-28-23(34)15-10-31-18-11-30(24(35)20(31)22(33)21(15)32)13(2)4-5-25(18)8-19(29-38-25)39(3,36)37/h6-7,10,13,18,33H,4-5,8-9,11H2,1-3H3,(H,28,34)/t13-,18+,25-/m0/s1. The number of benzene rings is 1. The summed E-state index contributed by atoms with van der Waals surface area (Å²) in [4.78, 5) is 46.6. The van der Waals surface area contributed by atoms with E-state index in [1.54, 1.807) is 6.92 Å². The summed E-state index contributed by atoms with van der Waals surface area (Å²) >= 11 is 0. The Bertz CT molecular complexity index is 1600. The van der Waals surface area contributed by atoms with Crippen LogP contribution in [0.4, 0.5) is 8.78 Å². The predicted molar refractivity (Wildman–Crippen MR) is 134 cm³/mol. The molecule has 0 radical (unpaired) electrons. The van der Waals surface area contributed by atoms with E-state index in [1.807, 2.05) is 0 Å². The number of rotatable bonds is 3. The second-order valence-electron chi connectivity index (χ2n) is 10.3. The number of pyridine rings is 1. The van der Waals surface area contributed by atoms with Crippen molar-refractivity contribution in [1.82, 2.24) is 14.8 Å². The summed E-state index contributed by atoms with van der Waals surface area (Å²) in [6.45, 7) is 2.76. The third-order valence-electron chi connectivity index (χ3n) is 7.67. The molecule has 2 N–H and O–H groups in total. The van der Waals surface area contributed by atoms with Gasteiger partial charge in [-0.05, 0) is 44.4 Å². The second-order valence-corrected chi connectivity index (χ2v) is 12.3. The number of carbonyl (C=O) groups excluding carboxylic acids is 2. The first kappa shape index (κ1) is 26.8. The highest BCUT2D eigenvalue weighted by atomic mass is 32.2. The SMILES string of the molecule is Cc1cc(F)c(CNC(=O)c2cn3c(c(O)c2=O)C(=O)N2C[C@@H]3[C@]3(CC[C@@H]2C)CC(S(C)(=O)=O)=NO3)c(F)c1. The van der Waals surface area contributed by atoms with Crippen molar-refractivity contribution in [1.29, 1.82) is 0 Å². The molecule has 2 amide bonds. The molecule has 11 nitrogen and oxygen atoms in total. The Labute approximate surface area is 222 Å². The Morgan fingerprint density at radius 1 is 1.28 bits per heavy atom. The molecule has 2 aromatic rings. The lowest BCUT2D eigenvalue weighted by atomic mass is 9.85. The van der Waals surface area contributed by atoms with Crippen LogP contribution in [0.2, 0.25) is 0 Å². The van der Waals surface area contributed by atoms with Gasteiger partial charge < -0.3 is 24.7 Å². The number of nitrogens with one attached hydrogen (secondary N) is 1. The maximum absolute atomic E-state index is 14.3. The smallest absolute Gasteiger partial charge is 0.274 e. The number of hydrogen-bond acceptors (Lipinski definition) is 8. The third-order valence-corrected chi connectivity index (χ3v) is 8.74. The molecule has 39 heavy (non-hydrogen) atoms. The van der Waals surface area contributed by atoms with E-state index in [1.165, 1.54) is 16.4 Å². The zero-order chi connectivity index (χ0) is 28.4. The molecule has 208 valence electrons. The van der Waals surface area contributed by atoms with E-state index < -0.39 is 73.8 Å². The first-order valence-electron chi connectivity index (χ1n) is 12.2. The van der Waals surface area contributed by atoms with E-state index in [9.17, 15) is 36.7 Å². The maximum atomic E-state index is 14.3. The van der Waals surface area contributed by atoms with Gasteiger partial charge in [0.1, 0.15) is 17.2 Å². The van der Waals surface area contributed by atoms with Crippen molar-refractivity contribution in [2.75, 3.05) is 12.8 Å². The highest BCUT2D eigenvalue weighted by Crippen LogP contribution is 2.46. The summed E-state index contributed by atoms with van der Waals surface area (Å²) in [5.41, 5.74) is -3.38. The molecule has 0 saturated carbocycles. The highest BCUT2D eigenvalue weighted by molar-refractivity contribution is 8.05. The van der Waals surface area contributed by atoms with Crippen molar-refractivity contribution >= 4 is 26.7 Å². The summed E-state index contributed by atoms with van der Waals surface area (Å²) in [6, 6.07) is 1.06. The Morgan fingerprint density at radius 3 is 2.56 bits per heavy atom. The molecule has 3 atom stereocenters. The lowest BCUT2D eigenvalue weighted by Gasteiger charge is -2.41. The van der Waals surface area contributed by atoms with Crippen LogP contribution >= 0.6 is 0 Å². The Kier molecular flexibility index (Phi) is 6.28. The Morgan fingerprint density at radius 2 is 1.95 bits per heavy atom. The summed E-state index contributed by atoms with van der Waals surface area (Å²) in [5, 5.41) is 16.8. The van der Waals surface area contributed by atoms with Crippen molar-refractivity contribution in [2.24, 2.45) is 5.16 Å². The van der Waals surface area contributed by atoms with Gasteiger partial charge in [0.2, 0.25) is 5.43 Å². The topological polar surface area (TPSA) is 147 Å². The zero-order valence-electron chi connectivity index (χ0n) is 21.3. The molecule has 4 heterocycles. The minimum Gasteiger partial charge on any atom is -0.503 e. The molecule has 1 aromatic heterocycles. The summed E-state index contributed by atoms with van der Waals surface area (Å²) in [6.07, 6.45) is 2.71. The molecule has 1 aromatic carbocycles. The maximum Gasteiger partial charge on any atom is 0.274 e. The molecule has 14 heteroatoms. The summed E-state index contributed by atoms with van der Waals surface area (Å²) in [7, 11) is -3.69. The Balaban J connectivity index is 1.56. The van der Waals surface area contributed by atoms with Gasteiger partial charge in [0.05, 0.1) is 6.04 Å². The highest BCUT2D eigenvalue weighted by Gasteiger charge is 2.55. The lowest BCUT2D eigenvalue weighted by molar-refractivity contribution is -0.0655. The van der Waals surface area contributed by atoms with Gasteiger partial charge >= 0.3 is 0 Å². The number of oxime groups is 1. The third kappa shape index (κ3) is 4.36. The van der Waals surface area contributed by atoms with Gasteiger partial charge in [-0.25, -0.2) is 17.2 Å². The number of aromatic hydroxyl groups is 1. The number of fused-ring (bicyclic) bond motifs is 5. The fraction of sp³-hybridized carbons (Fsp3) is 0.440. The van der Waals surface area contributed by atoms with Gasteiger partial charge in [-0.1, -0.05) is 5.16 Å². The van der Waals surface area contributed by atoms with E-state index in [-0.39, 0.29) is 29.7 Å². The first-order valence-corrected chi connectivity index (χ1v) is 14.1. The number of aromatic nitrogens is 1. The van der Waals surface area contributed by atoms with Crippen molar-refractivity contribution in [3.8, 4) is 5.75 Å². The van der Waals surface area contributed by atoms with Crippen LogP contribution in [-0.2, 0) is 21.2 Å². The fourth-order valence-corrected chi connectivity index (χ4v) is 6.12. The molecular weight excluding hydrogens is 538 g/mol. The number of sulfone groups is 1. The molecule has 3 aliphatic rings. The molecule has 5 rings (SSSR count). The van der Waals surface area contributed by atoms with Gasteiger partial charge in [-0.15, -0.1) is 0 Å². The van der Waals surface area contributed by atoms with Gasteiger partial charge in [0.25, 0.3) is 11.8 Å². The lowest BCUT2D eigenvalue weighted by Crippen LogP contribution is -2.52. The molecular formula is C25H26F2N4O7S. The molecule has 2 bridgehead atoms. The first-order chi connectivity index (χ1) is 18.2. The normalized spacial score (nSPS) is 24.2. The number of aryl methyl sites for hydroxylation is 1. The van der Waals surface area contributed by atoms with Crippen LogP contribution in [0.1, 0.15) is 64.2 Å². The predicted octanol–water partition coefficient (Wildman–Crippen LogP) is 1.77. The van der Waals surface area contributed by atoms with Gasteiger partial charge in [0.15, 0.2) is 31.9 Å². The average Bonchev–Trinajstić information content (AvgIpc) is 3.25. The van der Waals surface area contributed by atoms with Crippen molar-refractivity contribution in [3.63, 3.8) is 0 Å². The molecule has 3 aliphatic heterocycles. The number of halogens is 2. The number of amides is 2. The van der Waals surface area contributed by atoms with Crippen LogP contribution < -0.4 is 10.7 Å². The van der Waals surface area contributed by atoms with Crippen molar-refractivity contribution in [2.45, 2.75) is 57.3 Å². The number of hydrogen-bond donors (Lipinski definition) is 2. The van der Waals surface area contributed by atoms with Crippen LogP contribution in [0.25, 0.3) is 0 Å². The number of nitrogens with zero attached hydrogens (tertiary/aromatic N) is 3. The van der Waals surface area contributed by atoms with E-state index in [2.05, 4.69) is 10.5 Å². The van der Waals surface area contributed by atoms with Gasteiger partial charge in [-0.3, -0.25) is 14.4 Å². The van der Waals surface area contributed by atoms with Gasteiger partial charge in [-0.2, -0.15) is 0 Å². The van der Waals surface area contributed by atoms with E-state index in [0.29, 0.717) is 18.4 Å². The zero-order valence-corrected chi connectivity index (χ0v) is 22.1. The van der Waals surface area contributed by atoms with Crippen LogP contribution in [0.5, 0.6) is 5.75 Å². The number of carbonyl (C=O) groups is 2. The fourth-order valence-electron chi connectivity index (χ4n) is 5.44. The summed E-state index contributed by atoms with van der Waals surface area (Å²) < 4.78 is 54.2. The van der Waals surface area contributed by atoms with Crippen LogP contribution in [0.3, 0.4) is 0 Å². The summed E-state index contributed by atoms with van der Waals surface area (Å²) in [5.74, 6) is -4.39. The van der Waals surface area contributed by atoms with Crippen LogP contribution in [0.15, 0.2) is 28.3 Å². The minimum absolute atomic E-state index is 0.0444. The average molecular weight is 565 g/mol. The molecule has 0 aliphatic carbocycles. The Hall–Kier alpha value is -3.81. The molecule has 1 saturated heterocycles. The van der Waals surface area contributed by atoms with Gasteiger partial charge in [0, 0.05) is 43.6 Å². The van der Waals surface area contributed by atoms with Crippen molar-refractivity contribution in [3.05, 3.63) is 62.6 Å². The largest absolute Gasteiger partial charge is 0.503 e. The molecule has 1 spiro atoms. The molecule has 0 unspecified atom stereocenters. The minimum atomic E-state index is -3.69.